The number of aliphatic imine (C=N–C) groups is 1. The maximum Gasteiger partial charge on any atom is 0.293 e. The van der Waals surface area contributed by atoms with Gasteiger partial charge >= 0.3 is 0 Å². The van der Waals surface area contributed by atoms with E-state index < -0.39 is 11.9 Å². The van der Waals surface area contributed by atoms with Crippen LogP contribution in [0, 0.1) is 6.92 Å². The molecule has 0 spiro atoms. The average molecular weight is 466 g/mol. The summed E-state index contributed by atoms with van der Waals surface area (Å²) in [5.41, 5.74) is 1.78. The van der Waals surface area contributed by atoms with Crippen LogP contribution in [-0.4, -0.2) is 65.7 Å². The molecule has 1 unspecified atom stereocenters. The molecule has 9 heteroatoms. The molecule has 2 fully saturated rings. The molecular formula is C25H31N5O4. The van der Waals surface area contributed by atoms with Crippen molar-refractivity contribution in [3.05, 3.63) is 54.0 Å². The maximum atomic E-state index is 13.3. The molecule has 2 saturated heterocycles. The SMILES string of the molecule is Cc1cccc(NC(=NC2CCCCN(CC(=O)N3CCCC3)C2=O)NC(=O)c2ccco2)c1. The first kappa shape index (κ1) is 23.5. The van der Waals surface area contributed by atoms with Crippen LogP contribution in [0.3, 0.4) is 0 Å². The molecule has 1 atom stereocenters. The van der Waals surface area contributed by atoms with Crippen LogP contribution in [0.5, 0.6) is 0 Å². The number of nitrogens with one attached hydrogen (secondary N) is 2. The van der Waals surface area contributed by atoms with Gasteiger partial charge in [-0.2, -0.15) is 0 Å². The Hall–Kier alpha value is -3.62. The van der Waals surface area contributed by atoms with Crippen molar-refractivity contribution in [1.82, 2.24) is 15.1 Å². The number of furan rings is 1. The number of guanidine groups is 1. The van der Waals surface area contributed by atoms with E-state index in [0.717, 1.165) is 50.0 Å². The van der Waals surface area contributed by atoms with E-state index in [0.29, 0.717) is 13.0 Å². The second-order valence-corrected chi connectivity index (χ2v) is 8.76. The van der Waals surface area contributed by atoms with Crippen molar-refractivity contribution in [1.29, 1.82) is 0 Å². The van der Waals surface area contributed by atoms with E-state index in [1.807, 2.05) is 36.1 Å². The van der Waals surface area contributed by atoms with Gasteiger partial charge in [-0.3, -0.25) is 19.7 Å². The molecule has 1 aromatic carbocycles. The lowest BCUT2D eigenvalue weighted by molar-refractivity contribution is -0.140. The Morgan fingerprint density at radius 2 is 1.88 bits per heavy atom. The minimum absolute atomic E-state index is 0.0142. The van der Waals surface area contributed by atoms with Crippen LogP contribution in [0.2, 0.25) is 0 Å². The number of hydrogen-bond donors (Lipinski definition) is 2. The molecule has 180 valence electrons. The Bertz CT molecular complexity index is 1040. The van der Waals surface area contributed by atoms with Crippen LogP contribution in [0.1, 0.15) is 48.2 Å². The average Bonchev–Trinajstić information content (AvgIpc) is 3.52. The van der Waals surface area contributed by atoms with Gasteiger partial charge in [0.2, 0.25) is 17.8 Å². The number of amides is 3. The molecule has 2 aromatic rings. The monoisotopic (exact) mass is 465 g/mol. The number of aryl methyl sites for hydroxylation is 1. The third kappa shape index (κ3) is 6.03. The summed E-state index contributed by atoms with van der Waals surface area (Å²) in [6.07, 6.45) is 5.60. The third-order valence-electron chi connectivity index (χ3n) is 6.08. The van der Waals surface area contributed by atoms with Crippen molar-refractivity contribution in [3.8, 4) is 0 Å². The highest BCUT2D eigenvalue weighted by molar-refractivity contribution is 6.09. The summed E-state index contributed by atoms with van der Waals surface area (Å²) in [5, 5.41) is 5.87. The Labute approximate surface area is 199 Å². The molecule has 2 N–H and O–H groups in total. The molecule has 4 rings (SSSR count). The van der Waals surface area contributed by atoms with Gasteiger partial charge in [0.25, 0.3) is 5.91 Å². The molecule has 3 amide bonds. The highest BCUT2D eigenvalue weighted by Gasteiger charge is 2.30. The standard InChI is InChI=1S/C25H31N5O4/c1-18-8-6-9-19(16-18)26-25(28-23(32)21-11-7-15-34-21)27-20-10-2-3-14-30(24(20)33)17-22(31)29-12-4-5-13-29/h6-9,11,15-16,20H,2-5,10,12-14,17H2,1H3,(H2,26,27,28,32). The Morgan fingerprint density at radius 3 is 2.62 bits per heavy atom. The van der Waals surface area contributed by atoms with E-state index >= 15 is 0 Å². The first-order valence-electron chi connectivity index (χ1n) is 11.8. The molecule has 2 aliphatic heterocycles. The van der Waals surface area contributed by atoms with Crippen molar-refractivity contribution >= 4 is 29.4 Å². The first-order chi connectivity index (χ1) is 16.5. The zero-order chi connectivity index (χ0) is 23.9. The number of carbonyl (C=O) groups excluding carboxylic acids is 3. The summed E-state index contributed by atoms with van der Waals surface area (Å²) in [7, 11) is 0. The van der Waals surface area contributed by atoms with Gasteiger partial charge in [-0.1, -0.05) is 12.1 Å². The van der Waals surface area contributed by atoms with Gasteiger partial charge in [0.05, 0.1) is 12.8 Å². The fourth-order valence-electron chi connectivity index (χ4n) is 4.28. The number of hydrogen-bond acceptors (Lipinski definition) is 5. The van der Waals surface area contributed by atoms with Gasteiger partial charge < -0.3 is 19.5 Å². The van der Waals surface area contributed by atoms with Gasteiger partial charge in [-0.05, 0) is 68.9 Å². The van der Waals surface area contributed by atoms with Crippen LogP contribution < -0.4 is 10.6 Å². The molecule has 9 nitrogen and oxygen atoms in total. The molecule has 2 aliphatic rings. The van der Waals surface area contributed by atoms with Crippen molar-refractivity contribution in [2.45, 2.75) is 45.1 Å². The number of likely N-dealkylation sites (tertiary alicyclic amines) is 2. The summed E-state index contributed by atoms with van der Waals surface area (Å²) in [6, 6.07) is 10.1. The van der Waals surface area contributed by atoms with E-state index in [1.54, 1.807) is 17.0 Å². The quantitative estimate of drug-likeness (QED) is 0.522. The van der Waals surface area contributed by atoms with Crippen molar-refractivity contribution in [2.75, 3.05) is 31.5 Å². The summed E-state index contributed by atoms with van der Waals surface area (Å²) in [6.45, 7) is 4.08. The molecule has 0 bridgehead atoms. The molecule has 34 heavy (non-hydrogen) atoms. The van der Waals surface area contributed by atoms with Crippen LogP contribution in [0.4, 0.5) is 5.69 Å². The normalized spacial score (nSPS) is 19.1. The molecular weight excluding hydrogens is 434 g/mol. The van der Waals surface area contributed by atoms with E-state index in [9.17, 15) is 14.4 Å². The zero-order valence-electron chi connectivity index (χ0n) is 19.5. The van der Waals surface area contributed by atoms with Gasteiger partial charge in [-0.15, -0.1) is 0 Å². The second-order valence-electron chi connectivity index (χ2n) is 8.76. The Balaban J connectivity index is 1.53. The summed E-state index contributed by atoms with van der Waals surface area (Å²) in [5.74, 6) is -0.367. The van der Waals surface area contributed by atoms with E-state index in [1.165, 1.54) is 6.26 Å². The third-order valence-corrected chi connectivity index (χ3v) is 6.08. The largest absolute Gasteiger partial charge is 0.459 e. The lowest BCUT2D eigenvalue weighted by atomic mass is 10.1. The predicted octanol–water partition coefficient (Wildman–Crippen LogP) is 2.79. The molecule has 0 saturated carbocycles. The lowest BCUT2D eigenvalue weighted by Gasteiger charge is -2.25. The van der Waals surface area contributed by atoms with E-state index in [2.05, 4.69) is 15.6 Å². The first-order valence-corrected chi connectivity index (χ1v) is 11.8. The van der Waals surface area contributed by atoms with Crippen LogP contribution in [0.25, 0.3) is 0 Å². The second kappa shape index (κ2) is 11.0. The van der Waals surface area contributed by atoms with E-state index in [4.69, 9.17) is 4.42 Å². The predicted molar refractivity (Wildman–Crippen MR) is 128 cm³/mol. The highest BCUT2D eigenvalue weighted by atomic mass is 16.3. The number of nitrogens with zero attached hydrogens (tertiary/aromatic N) is 3. The molecule has 3 heterocycles. The van der Waals surface area contributed by atoms with Gasteiger partial charge in [0.1, 0.15) is 6.04 Å². The minimum atomic E-state index is -0.696. The topological polar surface area (TPSA) is 107 Å². The van der Waals surface area contributed by atoms with Gasteiger partial charge in [-0.25, -0.2) is 4.99 Å². The molecule has 1 aromatic heterocycles. The summed E-state index contributed by atoms with van der Waals surface area (Å²) < 4.78 is 5.19. The summed E-state index contributed by atoms with van der Waals surface area (Å²) in [4.78, 5) is 46.7. The summed E-state index contributed by atoms with van der Waals surface area (Å²) >= 11 is 0. The van der Waals surface area contributed by atoms with Crippen LogP contribution in [-0.2, 0) is 9.59 Å². The molecule has 0 radical (unpaired) electrons. The number of benzene rings is 1. The maximum absolute atomic E-state index is 13.3. The Kier molecular flexibility index (Phi) is 7.61. The fourth-order valence-corrected chi connectivity index (χ4v) is 4.28. The van der Waals surface area contributed by atoms with Crippen molar-refractivity contribution in [3.63, 3.8) is 0 Å². The molecule has 0 aliphatic carbocycles. The number of rotatable bonds is 5. The van der Waals surface area contributed by atoms with Gasteiger partial charge in [0, 0.05) is 25.3 Å². The lowest BCUT2D eigenvalue weighted by Crippen LogP contribution is -2.45. The number of anilines is 1. The highest BCUT2D eigenvalue weighted by Crippen LogP contribution is 2.17. The van der Waals surface area contributed by atoms with Crippen molar-refractivity contribution in [2.24, 2.45) is 4.99 Å². The smallest absolute Gasteiger partial charge is 0.293 e. The zero-order valence-corrected chi connectivity index (χ0v) is 19.5. The van der Waals surface area contributed by atoms with Crippen LogP contribution in [0.15, 0.2) is 52.1 Å². The minimum Gasteiger partial charge on any atom is -0.459 e. The van der Waals surface area contributed by atoms with Gasteiger partial charge in [0.15, 0.2) is 5.76 Å². The Morgan fingerprint density at radius 1 is 1.09 bits per heavy atom. The fraction of sp³-hybridized carbons (Fsp3) is 0.440. The van der Waals surface area contributed by atoms with Crippen LogP contribution >= 0.6 is 0 Å². The number of carbonyl (C=O) groups is 3. The van der Waals surface area contributed by atoms with E-state index in [-0.39, 0.29) is 30.1 Å². The van der Waals surface area contributed by atoms with Crippen molar-refractivity contribution < 1.29 is 18.8 Å².